The molecule has 0 spiro atoms. The van der Waals surface area contributed by atoms with E-state index in [1.54, 1.807) is 18.2 Å². The zero-order valence-electron chi connectivity index (χ0n) is 16.0. The number of nitrogens with zero attached hydrogens (tertiary/aromatic N) is 2. The molecule has 29 heavy (non-hydrogen) atoms. The second kappa shape index (κ2) is 7.46. The first kappa shape index (κ1) is 19.9. The van der Waals surface area contributed by atoms with Gasteiger partial charge in [0.1, 0.15) is 0 Å². The van der Waals surface area contributed by atoms with E-state index in [1.165, 1.54) is 12.3 Å². The number of aromatic nitrogens is 1. The Kier molecular flexibility index (Phi) is 5.12. The van der Waals surface area contributed by atoms with E-state index in [-0.39, 0.29) is 30.4 Å². The molecule has 4 rings (SSSR count). The predicted octanol–water partition coefficient (Wildman–Crippen LogP) is 4.79. The summed E-state index contributed by atoms with van der Waals surface area (Å²) in [6.07, 6.45) is -1.16. The number of fused-ring (bicyclic) bond motifs is 1. The van der Waals surface area contributed by atoms with Gasteiger partial charge in [-0.05, 0) is 36.6 Å². The number of piperidine rings is 1. The Morgan fingerprint density at radius 1 is 1.28 bits per heavy atom. The number of hydrogen-bond donors (Lipinski definition) is 1. The molecule has 1 aliphatic heterocycles. The van der Waals surface area contributed by atoms with Crippen LogP contribution in [0.25, 0.3) is 10.9 Å². The van der Waals surface area contributed by atoms with E-state index >= 15 is 0 Å². The Hall–Kier alpha value is -2.38. The number of alkyl halides is 4. The average Bonchev–Trinajstić information content (AvgIpc) is 2.64. The minimum Gasteiger partial charge on any atom is -0.369 e. The quantitative estimate of drug-likeness (QED) is 0.736. The van der Waals surface area contributed by atoms with E-state index in [9.17, 15) is 22.4 Å². The van der Waals surface area contributed by atoms with Crippen LogP contribution in [-0.4, -0.2) is 35.9 Å². The van der Waals surface area contributed by atoms with Crippen molar-refractivity contribution >= 4 is 22.5 Å². The Morgan fingerprint density at radius 3 is 2.72 bits per heavy atom. The molecule has 2 heterocycles. The lowest BCUT2D eigenvalue weighted by molar-refractivity contribution is -0.150. The normalized spacial score (nSPS) is 24.6. The summed E-state index contributed by atoms with van der Waals surface area (Å²) in [6, 6.07) is 6.38. The van der Waals surface area contributed by atoms with Gasteiger partial charge >= 0.3 is 0 Å². The molecular formula is C21H25F4N3O. The van der Waals surface area contributed by atoms with Crippen LogP contribution in [0.3, 0.4) is 0 Å². The molecule has 2 aliphatic rings. The van der Waals surface area contributed by atoms with Crippen molar-refractivity contribution in [3.05, 3.63) is 36.0 Å². The molecule has 1 saturated carbocycles. The van der Waals surface area contributed by atoms with E-state index in [1.807, 2.05) is 0 Å². The molecule has 0 bridgehead atoms. The zero-order chi connectivity index (χ0) is 20.8. The van der Waals surface area contributed by atoms with Crippen molar-refractivity contribution in [2.24, 2.45) is 11.8 Å². The molecule has 0 unspecified atom stereocenters. The molecule has 8 heteroatoms. The van der Waals surface area contributed by atoms with E-state index in [0.717, 1.165) is 12.1 Å². The van der Waals surface area contributed by atoms with E-state index in [2.05, 4.69) is 22.1 Å². The fourth-order valence-corrected chi connectivity index (χ4v) is 4.45. The first-order valence-corrected chi connectivity index (χ1v) is 9.82. The largest absolute Gasteiger partial charge is 0.369 e. The van der Waals surface area contributed by atoms with Crippen LogP contribution in [0.4, 0.5) is 23.2 Å². The smallest absolute Gasteiger partial charge is 0.265 e. The molecule has 2 atom stereocenters. The van der Waals surface area contributed by atoms with Crippen molar-refractivity contribution in [1.82, 2.24) is 10.3 Å². The molecule has 1 N–H and O–H groups in total. The van der Waals surface area contributed by atoms with Gasteiger partial charge in [-0.2, -0.15) is 0 Å². The SMILES string of the molecule is C[C@H]1C[C@@H](NC(=O)C2CC(F)(F)C2)CN(c2ccc(C(F)F)c3ncccc23)C1.[HH]. The number of carbonyl (C=O) groups excluding carboxylic acids is 1. The fourth-order valence-electron chi connectivity index (χ4n) is 4.45. The number of nitrogens with one attached hydrogen (secondary N) is 1. The molecule has 1 saturated heterocycles. The number of amides is 1. The van der Waals surface area contributed by atoms with Crippen LogP contribution in [0.2, 0.25) is 0 Å². The van der Waals surface area contributed by atoms with Crippen molar-refractivity contribution in [2.45, 2.75) is 44.6 Å². The minimum absolute atomic E-state index is 0. The molecule has 2 fully saturated rings. The average molecular weight is 411 g/mol. The summed E-state index contributed by atoms with van der Waals surface area (Å²) in [6.45, 7) is 3.26. The van der Waals surface area contributed by atoms with Gasteiger partial charge in [0.05, 0.1) is 5.52 Å². The third-order valence-corrected chi connectivity index (χ3v) is 5.82. The van der Waals surface area contributed by atoms with Gasteiger partial charge in [-0.15, -0.1) is 0 Å². The summed E-state index contributed by atoms with van der Waals surface area (Å²) in [5.74, 6) is -3.44. The summed E-state index contributed by atoms with van der Waals surface area (Å²) in [4.78, 5) is 18.5. The number of carbonyl (C=O) groups is 1. The number of pyridine rings is 1. The first-order chi connectivity index (χ1) is 13.7. The monoisotopic (exact) mass is 411 g/mol. The summed E-state index contributed by atoms with van der Waals surface area (Å²) < 4.78 is 52.8. The van der Waals surface area contributed by atoms with Gasteiger partial charge in [-0.25, -0.2) is 17.6 Å². The lowest BCUT2D eigenvalue weighted by Crippen LogP contribution is -2.54. The van der Waals surface area contributed by atoms with Gasteiger partial charge in [0, 0.05) is 62.2 Å². The Balaban J connectivity index is 0.00000256. The minimum atomic E-state index is -2.73. The lowest BCUT2D eigenvalue weighted by atomic mass is 9.80. The van der Waals surface area contributed by atoms with Gasteiger partial charge in [0.25, 0.3) is 6.43 Å². The maximum Gasteiger partial charge on any atom is 0.265 e. The molecule has 4 nitrogen and oxygen atoms in total. The van der Waals surface area contributed by atoms with Gasteiger partial charge in [0.2, 0.25) is 11.8 Å². The van der Waals surface area contributed by atoms with Crippen LogP contribution in [0.1, 0.15) is 39.6 Å². The Labute approximate surface area is 167 Å². The molecule has 1 aromatic heterocycles. The van der Waals surface area contributed by atoms with Crippen molar-refractivity contribution in [3.8, 4) is 0 Å². The highest BCUT2D eigenvalue weighted by Crippen LogP contribution is 2.42. The summed E-state index contributed by atoms with van der Waals surface area (Å²) in [5, 5.41) is 3.56. The van der Waals surface area contributed by atoms with E-state index in [0.29, 0.717) is 18.5 Å². The molecule has 1 aliphatic carbocycles. The van der Waals surface area contributed by atoms with E-state index in [4.69, 9.17) is 0 Å². The number of rotatable bonds is 4. The number of halogens is 4. The van der Waals surface area contributed by atoms with Crippen molar-refractivity contribution in [1.29, 1.82) is 0 Å². The highest BCUT2D eigenvalue weighted by Gasteiger charge is 2.49. The highest BCUT2D eigenvalue weighted by molar-refractivity contribution is 5.94. The van der Waals surface area contributed by atoms with Gasteiger partial charge in [0.15, 0.2) is 0 Å². The van der Waals surface area contributed by atoms with Crippen LogP contribution in [-0.2, 0) is 4.79 Å². The second-order valence-corrected chi connectivity index (χ2v) is 8.29. The maximum absolute atomic E-state index is 13.4. The maximum atomic E-state index is 13.4. The lowest BCUT2D eigenvalue weighted by Gasteiger charge is -2.40. The van der Waals surface area contributed by atoms with Crippen molar-refractivity contribution in [3.63, 3.8) is 0 Å². The molecule has 0 radical (unpaired) electrons. The van der Waals surface area contributed by atoms with E-state index < -0.39 is 31.1 Å². The zero-order valence-corrected chi connectivity index (χ0v) is 16.0. The molecular weight excluding hydrogens is 386 g/mol. The van der Waals surface area contributed by atoms with Crippen molar-refractivity contribution in [2.75, 3.05) is 18.0 Å². The predicted molar refractivity (Wildman–Crippen MR) is 104 cm³/mol. The summed E-state index contributed by atoms with van der Waals surface area (Å²) >= 11 is 0. The third kappa shape index (κ3) is 4.02. The Bertz CT molecular complexity index is 918. The Morgan fingerprint density at radius 2 is 2.03 bits per heavy atom. The molecule has 2 aromatic rings. The summed E-state index contributed by atoms with van der Waals surface area (Å²) in [7, 11) is 0. The number of anilines is 1. The highest BCUT2D eigenvalue weighted by atomic mass is 19.3. The first-order valence-electron chi connectivity index (χ1n) is 9.82. The number of benzene rings is 1. The molecule has 158 valence electrons. The molecule has 1 aromatic carbocycles. The molecule has 1 amide bonds. The fraction of sp³-hybridized carbons (Fsp3) is 0.524. The number of hydrogen-bond acceptors (Lipinski definition) is 3. The second-order valence-electron chi connectivity index (χ2n) is 8.29. The van der Waals surface area contributed by atoms with Crippen LogP contribution >= 0.6 is 0 Å². The topological polar surface area (TPSA) is 45.2 Å². The van der Waals surface area contributed by atoms with Gasteiger partial charge in [-0.3, -0.25) is 9.78 Å². The van der Waals surface area contributed by atoms with Gasteiger partial charge < -0.3 is 10.2 Å². The van der Waals surface area contributed by atoms with Crippen LogP contribution < -0.4 is 10.2 Å². The van der Waals surface area contributed by atoms with Crippen LogP contribution in [0.15, 0.2) is 30.5 Å². The third-order valence-electron chi connectivity index (χ3n) is 5.82. The van der Waals surface area contributed by atoms with Crippen LogP contribution in [0.5, 0.6) is 0 Å². The summed E-state index contributed by atoms with van der Waals surface area (Å²) in [5.41, 5.74) is 0.958. The standard InChI is InChI=1S/C21H23F4N3O.H2/c1-12-7-14(27-20(29)13-8-21(24,25)9-13)11-28(10-12)17-5-4-16(19(22)23)18-15(17)3-2-6-26-18;/h2-6,12-14,19H,7-11H2,1H3,(H,27,29);1H/t12-,14+;/m0./s1. The van der Waals surface area contributed by atoms with Crippen molar-refractivity contribution < 1.29 is 23.8 Å². The van der Waals surface area contributed by atoms with Gasteiger partial charge in [-0.1, -0.05) is 6.92 Å². The van der Waals surface area contributed by atoms with Crippen LogP contribution in [0, 0.1) is 11.8 Å².